The molecule has 2 rings (SSSR count). The van der Waals surface area contributed by atoms with E-state index in [0.29, 0.717) is 0 Å². The Morgan fingerprint density at radius 1 is 1.23 bits per heavy atom. The molecule has 0 unspecified atom stereocenters. The first-order chi connectivity index (χ1) is 6.31. The van der Waals surface area contributed by atoms with Gasteiger partial charge in [0.05, 0.1) is 0 Å². The average molecular weight is 171 g/mol. The lowest BCUT2D eigenvalue weighted by molar-refractivity contribution is 1.03. The Morgan fingerprint density at radius 3 is 2.77 bits per heavy atom. The summed E-state index contributed by atoms with van der Waals surface area (Å²) in [6, 6.07) is 10.6. The minimum Gasteiger partial charge on any atom is -0.258 e. The SMILES string of the molecule is CCc1nc(C)cc2ccccc12. The van der Waals surface area contributed by atoms with Gasteiger partial charge in [-0.25, -0.2) is 0 Å². The van der Waals surface area contributed by atoms with Gasteiger partial charge in [-0.2, -0.15) is 0 Å². The largest absolute Gasteiger partial charge is 0.258 e. The van der Waals surface area contributed by atoms with Crippen LogP contribution in [0.2, 0.25) is 0 Å². The molecule has 1 heteroatoms. The Hall–Kier alpha value is -1.37. The number of hydrogen-bond donors (Lipinski definition) is 0. The van der Waals surface area contributed by atoms with Gasteiger partial charge < -0.3 is 0 Å². The van der Waals surface area contributed by atoms with Crippen molar-refractivity contribution < 1.29 is 0 Å². The monoisotopic (exact) mass is 171 g/mol. The molecule has 0 fully saturated rings. The molecule has 1 heterocycles. The summed E-state index contributed by atoms with van der Waals surface area (Å²) in [5.41, 5.74) is 2.31. The quantitative estimate of drug-likeness (QED) is 0.642. The van der Waals surface area contributed by atoms with Crippen molar-refractivity contribution >= 4 is 10.8 Å². The molecule has 1 aromatic heterocycles. The molecule has 0 aliphatic heterocycles. The number of pyridine rings is 1. The summed E-state index contributed by atoms with van der Waals surface area (Å²) in [6.45, 7) is 4.19. The van der Waals surface area contributed by atoms with Crippen molar-refractivity contribution in [1.29, 1.82) is 0 Å². The van der Waals surface area contributed by atoms with Gasteiger partial charge in [-0.15, -0.1) is 0 Å². The van der Waals surface area contributed by atoms with Crippen LogP contribution >= 0.6 is 0 Å². The third-order valence-electron chi connectivity index (χ3n) is 2.28. The number of aromatic nitrogens is 1. The summed E-state index contributed by atoms with van der Waals surface area (Å²) in [6.07, 6.45) is 1.00. The molecule has 1 nitrogen and oxygen atoms in total. The first kappa shape index (κ1) is 8.24. The van der Waals surface area contributed by atoms with Crippen LogP contribution in [0.1, 0.15) is 18.3 Å². The van der Waals surface area contributed by atoms with Gasteiger partial charge >= 0.3 is 0 Å². The van der Waals surface area contributed by atoms with Gasteiger partial charge in [0.25, 0.3) is 0 Å². The van der Waals surface area contributed by atoms with Crippen LogP contribution in [-0.2, 0) is 6.42 Å². The summed E-state index contributed by atoms with van der Waals surface area (Å²) in [5.74, 6) is 0. The predicted molar refractivity (Wildman–Crippen MR) is 55.9 cm³/mol. The summed E-state index contributed by atoms with van der Waals surface area (Å²) in [4.78, 5) is 4.52. The van der Waals surface area contributed by atoms with Gasteiger partial charge in [-0.1, -0.05) is 31.2 Å². The fraction of sp³-hybridized carbons (Fsp3) is 0.250. The third-order valence-corrected chi connectivity index (χ3v) is 2.28. The molecule has 0 saturated carbocycles. The fourth-order valence-corrected chi connectivity index (χ4v) is 1.69. The maximum absolute atomic E-state index is 4.52. The Labute approximate surface area is 78.4 Å². The van der Waals surface area contributed by atoms with E-state index >= 15 is 0 Å². The molecule has 13 heavy (non-hydrogen) atoms. The Morgan fingerprint density at radius 2 is 2.00 bits per heavy atom. The number of fused-ring (bicyclic) bond motifs is 1. The van der Waals surface area contributed by atoms with Gasteiger partial charge in [0.1, 0.15) is 0 Å². The Bertz CT molecular complexity index is 432. The highest BCUT2D eigenvalue weighted by atomic mass is 14.7. The van der Waals surface area contributed by atoms with E-state index in [1.807, 2.05) is 6.92 Å². The summed E-state index contributed by atoms with van der Waals surface area (Å²) >= 11 is 0. The van der Waals surface area contributed by atoms with Crippen molar-refractivity contribution in [1.82, 2.24) is 4.98 Å². The van der Waals surface area contributed by atoms with E-state index in [1.54, 1.807) is 0 Å². The molecule has 0 spiro atoms. The van der Waals surface area contributed by atoms with E-state index in [9.17, 15) is 0 Å². The second-order valence-electron chi connectivity index (χ2n) is 3.29. The molecule has 1 aromatic carbocycles. The molecule has 0 saturated heterocycles. The maximum Gasteiger partial charge on any atom is 0.0482 e. The highest BCUT2D eigenvalue weighted by Gasteiger charge is 2.00. The molecule has 66 valence electrons. The highest BCUT2D eigenvalue weighted by molar-refractivity contribution is 5.84. The van der Waals surface area contributed by atoms with Gasteiger partial charge in [0.15, 0.2) is 0 Å². The van der Waals surface area contributed by atoms with Crippen molar-refractivity contribution in [2.24, 2.45) is 0 Å². The molecule has 0 bridgehead atoms. The fourth-order valence-electron chi connectivity index (χ4n) is 1.69. The van der Waals surface area contributed by atoms with Crippen LogP contribution in [0, 0.1) is 6.92 Å². The first-order valence-electron chi connectivity index (χ1n) is 4.66. The lowest BCUT2D eigenvalue weighted by Gasteiger charge is -2.04. The van der Waals surface area contributed by atoms with Crippen LogP contribution in [0.3, 0.4) is 0 Å². The molecule has 0 aliphatic carbocycles. The van der Waals surface area contributed by atoms with E-state index in [0.717, 1.165) is 12.1 Å². The smallest absolute Gasteiger partial charge is 0.0482 e. The van der Waals surface area contributed by atoms with Gasteiger partial charge in [0.2, 0.25) is 0 Å². The van der Waals surface area contributed by atoms with Crippen molar-refractivity contribution in [2.75, 3.05) is 0 Å². The summed E-state index contributed by atoms with van der Waals surface area (Å²) in [7, 11) is 0. The second kappa shape index (κ2) is 3.17. The molecular formula is C12H13N. The van der Waals surface area contributed by atoms with E-state index in [2.05, 4.69) is 42.2 Å². The van der Waals surface area contributed by atoms with E-state index in [1.165, 1.54) is 16.5 Å². The molecule has 2 aromatic rings. The van der Waals surface area contributed by atoms with Crippen LogP contribution in [0.5, 0.6) is 0 Å². The number of aryl methyl sites for hydroxylation is 2. The minimum atomic E-state index is 1.00. The van der Waals surface area contributed by atoms with Gasteiger partial charge in [0, 0.05) is 16.8 Å². The normalized spacial score (nSPS) is 10.6. The number of rotatable bonds is 1. The third kappa shape index (κ3) is 1.42. The Balaban J connectivity index is 2.81. The second-order valence-corrected chi connectivity index (χ2v) is 3.29. The standard InChI is InChI=1S/C12H13N/c1-3-12-11-7-5-4-6-10(11)8-9(2)13-12/h4-8H,3H2,1-2H3. The zero-order chi connectivity index (χ0) is 9.26. The van der Waals surface area contributed by atoms with E-state index in [-0.39, 0.29) is 0 Å². The zero-order valence-corrected chi connectivity index (χ0v) is 8.04. The van der Waals surface area contributed by atoms with Crippen LogP contribution in [0.15, 0.2) is 30.3 Å². The van der Waals surface area contributed by atoms with Crippen molar-refractivity contribution in [2.45, 2.75) is 20.3 Å². The van der Waals surface area contributed by atoms with Crippen LogP contribution in [0.25, 0.3) is 10.8 Å². The van der Waals surface area contributed by atoms with Gasteiger partial charge in [-0.05, 0) is 24.8 Å². The highest BCUT2D eigenvalue weighted by Crippen LogP contribution is 2.18. The summed E-state index contributed by atoms with van der Waals surface area (Å²) < 4.78 is 0. The molecule has 0 atom stereocenters. The van der Waals surface area contributed by atoms with Crippen LogP contribution < -0.4 is 0 Å². The van der Waals surface area contributed by atoms with E-state index < -0.39 is 0 Å². The predicted octanol–water partition coefficient (Wildman–Crippen LogP) is 3.11. The topological polar surface area (TPSA) is 12.9 Å². The molecule has 0 N–H and O–H groups in total. The zero-order valence-electron chi connectivity index (χ0n) is 8.04. The number of nitrogens with zero attached hydrogens (tertiary/aromatic N) is 1. The van der Waals surface area contributed by atoms with Crippen molar-refractivity contribution in [3.8, 4) is 0 Å². The van der Waals surface area contributed by atoms with E-state index in [4.69, 9.17) is 0 Å². The Kier molecular flexibility index (Phi) is 2.01. The summed E-state index contributed by atoms with van der Waals surface area (Å²) in [5, 5.41) is 2.59. The molecule has 0 amide bonds. The minimum absolute atomic E-state index is 1.00. The van der Waals surface area contributed by atoms with Crippen molar-refractivity contribution in [3.05, 3.63) is 41.7 Å². The van der Waals surface area contributed by atoms with Gasteiger partial charge in [-0.3, -0.25) is 4.98 Å². The van der Waals surface area contributed by atoms with Crippen molar-refractivity contribution in [3.63, 3.8) is 0 Å². The van der Waals surface area contributed by atoms with Crippen LogP contribution in [-0.4, -0.2) is 4.98 Å². The maximum atomic E-state index is 4.52. The van der Waals surface area contributed by atoms with Crippen LogP contribution in [0.4, 0.5) is 0 Å². The lowest BCUT2D eigenvalue weighted by Crippen LogP contribution is -1.91. The lowest BCUT2D eigenvalue weighted by atomic mass is 10.1. The molecule has 0 radical (unpaired) electrons. The number of benzene rings is 1. The molecular weight excluding hydrogens is 158 g/mol. The first-order valence-corrected chi connectivity index (χ1v) is 4.66. The average Bonchev–Trinajstić information content (AvgIpc) is 2.16. The number of hydrogen-bond acceptors (Lipinski definition) is 1. The molecule has 0 aliphatic rings.